The van der Waals surface area contributed by atoms with Crippen LogP contribution in [0.25, 0.3) is 0 Å². The summed E-state index contributed by atoms with van der Waals surface area (Å²) in [7, 11) is 0. The molecule has 2 rings (SSSR count). The smallest absolute Gasteiger partial charge is 0.157 e. The Kier molecular flexibility index (Phi) is 3.05. The molecule has 2 aliphatic rings. The van der Waals surface area contributed by atoms with Crippen molar-refractivity contribution in [3.05, 3.63) is 0 Å². The number of rotatable bonds is 3. The van der Waals surface area contributed by atoms with Gasteiger partial charge >= 0.3 is 0 Å². The van der Waals surface area contributed by atoms with E-state index in [9.17, 15) is 0 Å². The number of nitrogens with one attached hydrogen (secondary N) is 1. The summed E-state index contributed by atoms with van der Waals surface area (Å²) in [6.45, 7) is 6.79. The Morgan fingerprint density at radius 2 is 2.07 bits per heavy atom. The molecule has 1 aliphatic carbocycles. The molecule has 0 bridgehead atoms. The van der Waals surface area contributed by atoms with Crippen molar-refractivity contribution in [1.82, 2.24) is 5.32 Å². The first kappa shape index (κ1) is 10.3. The fourth-order valence-corrected chi connectivity index (χ4v) is 2.99. The van der Waals surface area contributed by atoms with Crippen molar-refractivity contribution in [2.24, 2.45) is 16.8 Å². The van der Waals surface area contributed by atoms with Crippen molar-refractivity contribution in [2.75, 3.05) is 5.75 Å². The van der Waals surface area contributed by atoms with Crippen molar-refractivity contribution < 1.29 is 0 Å². The summed E-state index contributed by atoms with van der Waals surface area (Å²) in [6, 6.07) is 1.17. The summed E-state index contributed by atoms with van der Waals surface area (Å²) in [5.41, 5.74) is 0. The minimum Gasteiger partial charge on any atom is -0.362 e. The molecule has 0 aromatic heterocycles. The lowest BCUT2D eigenvalue weighted by Gasteiger charge is -2.12. The summed E-state index contributed by atoms with van der Waals surface area (Å²) in [4.78, 5) is 4.71. The molecule has 80 valence electrons. The van der Waals surface area contributed by atoms with Crippen LogP contribution in [-0.4, -0.2) is 23.0 Å². The van der Waals surface area contributed by atoms with Gasteiger partial charge in [0.2, 0.25) is 0 Å². The largest absolute Gasteiger partial charge is 0.362 e. The minimum atomic E-state index is 0.536. The van der Waals surface area contributed by atoms with Crippen LogP contribution in [0.4, 0.5) is 0 Å². The summed E-state index contributed by atoms with van der Waals surface area (Å²) in [5.74, 6) is 2.76. The van der Waals surface area contributed by atoms with Gasteiger partial charge in [-0.15, -0.1) is 0 Å². The maximum atomic E-state index is 4.71. The van der Waals surface area contributed by atoms with Crippen LogP contribution in [0.5, 0.6) is 0 Å². The lowest BCUT2D eigenvalue weighted by atomic mass is 10.1. The zero-order valence-corrected chi connectivity index (χ0v) is 10.1. The molecule has 0 saturated heterocycles. The third kappa shape index (κ3) is 2.44. The quantitative estimate of drug-likeness (QED) is 0.777. The fourth-order valence-electron chi connectivity index (χ4n) is 1.72. The molecule has 2 unspecified atom stereocenters. The van der Waals surface area contributed by atoms with Crippen LogP contribution in [-0.2, 0) is 0 Å². The normalized spacial score (nSPS) is 29.1. The van der Waals surface area contributed by atoms with Gasteiger partial charge in [0, 0.05) is 11.8 Å². The average Bonchev–Trinajstić information content (AvgIpc) is 2.87. The molecule has 0 aromatic rings. The second-order valence-corrected chi connectivity index (χ2v) is 5.84. The highest BCUT2D eigenvalue weighted by atomic mass is 32.2. The van der Waals surface area contributed by atoms with Crippen molar-refractivity contribution in [3.8, 4) is 0 Å². The van der Waals surface area contributed by atoms with E-state index in [1.165, 1.54) is 18.0 Å². The Bertz CT molecular complexity index is 233. The molecule has 1 saturated carbocycles. The second kappa shape index (κ2) is 4.13. The highest BCUT2D eigenvalue weighted by Crippen LogP contribution is 2.33. The predicted molar refractivity (Wildman–Crippen MR) is 63.8 cm³/mol. The Balaban J connectivity index is 1.83. The fraction of sp³-hybridized carbons (Fsp3) is 0.909. The van der Waals surface area contributed by atoms with E-state index in [-0.39, 0.29) is 0 Å². The van der Waals surface area contributed by atoms with E-state index in [1.807, 2.05) is 11.8 Å². The Morgan fingerprint density at radius 3 is 2.57 bits per heavy atom. The van der Waals surface area contributed by atoms with Crippen LogP contribution in [0.3, 0.4) is 0 Å². The SMILES string of the molecule is CC(C)C1CSC(NC(C)C2CC2)=N1. The van der Waals surface area contributed by atoms with Crippen LogP contribution in [0.2, 0.25) is 0 Å². The highest BCUT2D eigenvalue weighted by molar-refractivity contribution is 8.14. The van der Waals surface area contributed by atoms with Gasteiger partial charge in [-0.3, -0.25) is 4.99 Å². The highest BCUT2D eigenvalue weighted by Gasteiger charge is 2.30. The molecule has 1 heterocycles. The van der Waals surface area contributed by atoms with E-state index in [0.717, 1.165) is 11.7 Å². The molecular formula is C11H20N2S. The van der Waals surface area contributed by atoms with E-state index >= 15 is 0 Å². The van der Waals surface area contributed by atoms with Crippen LogP contribution >= 0.6 is 11.8 Å². The van der Waals surface area contributed by atoms with Crippen molar-refractivity contribution in [2.45, 2.75) is 45.7 Å². The summed E-state index contributed by atoms with van der Waals surface area (Å²) in [6.07, 6.45) is 2.81. The lowest BCUT2D eigenvalue weighted by molar-refractivity contribution is 0.538. The molecule has 14 heavy (non-hydrogen) atoms. The molecule has 2 nitrogen and oxygen atoms in total. The van der Waals surface area contributed by atoms with Crippen molar-refractivity contribution in [3.63, 3.8) is 0 Å². The van der Waals surface area contributed by atoms with Crippen LogP contribution in [0.15, 0.2) is 4.99 Å². The number of aliphatic imine (C=N–C) groups is 1. The third-order valence-corrected chi connectivity index (χ3v) is 4.13. The monoisotopic (exact) mass is 212 g/mol. The van der Waals surface area contributed by atoms with Crippen molar-refractivity contribution >= 4 is 16.9 Å². The van der Waals surface area contributed by atoms with E-state index < -0.39 is 0 Å². The van der Waals surface area contributed by atoms with E-state index in [0.29, 0.717) is 18.0 Å². The minimum absolute atomic E-state index is 0.536. The molecule has 0 spiro atoms. The standard InChI is InChI=1S/C11H20N2S/c1-7(2)10-6-14-11(13-10)12-8(3)9-4-5-9/h7-10H,4-6H2,1-3H3,(H,12,13). The van der Waals surface area contributed by atoms with E-state index in [1.54, 1.807) is 0 Å². The van der Waals surface area contributed by atoms with Gasteiger partial charge in [0.25, 0.3) is 0 Å². The summed E-state index contributed by atoms with van der Waals surface area (Å²) >= 11 is 1.89. The summed E-state index contributed by atoms with van der Waals surface area (Å²) in [5, 5.41) is 4.72. The van der Waals surface area contributed by atoms with Gasteiger partial charge in [0.1, 0.15) is 0 Å². The van der Waals surface area contributed by atoms with Crippen LogP contribution in [0, 0.1) is 11.8 Å². The molecule has 1 aliphatic heterocycles. The number of nitrogens with zero attached hydrogens (tertiary/aromatic N) is 1. The van der Waals surface area contributed by atoms with Gasteiger partial charge < -0.3 is 5.32 Å². The lowest BCUT2D eigenvalue weighted by Crippen LogP contribution is -2.31. The molecule has 1 N–H and O–H groups in total. The third-order valence-electron chi connectivity index (χ3n) is 3.12. The number of thioether (sulfide) groups is 1. The van der Waals surface area contributed by atoms with Gasteiger partial charge in [-0.1, -0.05) is 25.6 Å². The first-order valence-corrected chi connectivity index (χ1v) is 6.62. The van der Waals surface area contributed by atoms with Gasteiger partial charge in [0.15, 0.2) is 5.17 Å². The van der Waals surface area contributed by atoms with Gasteiger partial charge in [-0.25, -0.2) is 0 Å². The summed E-state index contributed by atoms with van der Waals surface area (Å²) < 4.78 is 0. The Labute approximate surface area is 90.9 Å². The van der Waals surface area contributed by atoms with Crippen molar-refractivity contribution in [1.29, 1.82) is 0 Å². The number of amidine groups is 1. The first-order valence-electron chi connectivity index (χ1n) is 5.64. The van der Waals surface area contributed by atoms with Gasteiger partial charge in [-0.2, -0.15) is 0 Å². The first-order chi connectivity index (χ1) is 6.66. The Hall–Kier alpha value is -0.180. The molecule has 3 heteroatoms. The maximum Gasteiger partial charge on any atom is 0.157 e. The molecule has 1 fully saturated rings. The predicted octanol–water partition coefficient (Wildman–Crippen LogP) is 2.50. The molecule has 0 amide bonds. The van der Waals surface area contributed by atoms with Crippen LogP contribution in [0.1, 0.15) is 33.6 Å². The zero-order chi connectivity index (χ0) is 10.1. The molecule has 0 radical (unpaired) electrons. The van der Waals surface area contributed by atoms with E-state index in [2.05, 4.69) is 26.1 Å². The number of hydrogen-bond donors (Lipinski definition) is 1. The Morgan fingerprint density at radius 1 is 1.36 bits per heavy atom. The molecule has 2 atom stereocenters. The van der Waals surface area contributed by atoms with E-state index in [4.69, 9.17) is 4.99 Å². The van der Waals surface area contributed by atoms with Crippen LogP contribution < -0.4 is 5.32 Å². The maximum absolute atomic E-state index is 4.71. The van der Waals surface area contributed by atoms with Gasteiger partial charge in [0.05, 0.1) is 6.04 Å². The average molecular weight is 212 g/mol. The van der Waals surface area contributed by atoms with Gasteiger partial charge in [-0.05, 0) is 31.6 Å². The second-order valence-electron chi connectivity index (χ2n) is 4.83. The molecular weight excluding hydrogens is 192 g/mol. The molecule has 0 aromatic carbocycles. The number of hydrogen-bond acceptors (Lipinski definition) is 3. The topological polar surface area (TPSA) is 24.4 Å². The zero-order valence-electron chi connectivity index (χ0n) is 9.29.